The average molecular weight is 128 g/mol. The van der Waals surface area contributed by atoms with Crippen LogP contribution in [-0.4, -0.2) is 11.1 Å². The van der Waals surface area contributed by atoms with Crippen molar-refractivity contribution in [3.05, 3.63) is 0 Å². The summed E-state index contributed by atoms with van der Waals surface area (Å²) in [4.78, 5) is 10.5. The highest BCUT2D eigenvalue weighted by Crippen LogP contribution is 2.63. The molecular weight excluding hydrogens is 116 g/mol. The van der Waals surface area contributed by atoms with Gasteiger partial charge in [-0.25, -0.2) is 0 Å². The third-order valence-electron chi connectivity index (χ3n) is 2.64. The van der Waals surface area contributed by atoms with Crippen molar-refractivity contribution < 1.29 is 9.90 Å². The highest BCUT2D eigenvalue weighted by atomic mass is 16.4. The molecule has 0 aromatic carbocycles. The second-order valence-corrected chi connectivity index (χ2v) is 3.70. The second-order valence-electron chi connectivity index (χ2n) is 3.70. The lowest BCUT2D eigenvalue weighted by molar-refractivity contribution is -0.143. The van der Waals surface area contributed by atoms with Gasteiger partial charge in [0.2, 0.25) is 0 Å². The normalized spacial score (nSPS) is 38.1. The van der Waals surface area contributed by atoms with E-state index in [2.05, 4.69) is 0 Å². The van der Waals surface area contributed by atoms with Gasteiger partial charge >= 0.3 is 5.97 Å². The summed E-state index contributed by atoms with van der Waals surface area (Å²) in [6.45, 7) is 5.78. The number of hydrogen-bond donors (Lipinski definition) is 1. The van der Waals surface area contributed by atoms with Crippen molar-refractivity contribution in [2.45, 2.75) is 27.2 Å². The largest absolute Gasteiger partial charge is 0.481 e. The minimum atomic E-state index is -0.660. The molecule has 0 heterocycles. The molecule has 1 fully saturated rings. The van der Waals surface area contributed by atoms with Gasteiger partial charge in [-0.3, -0.25) is 4.79 Å². The molecule has 1 N–H and O–H groups in total. The van der Waals surface area contributed by atoms with Gasteiger partial charge in [0, 0.05) is 0 Å². The van der Waals surface area contributed by atoms with Crippen molar-refractivity contribution in [2.75, 3.05) is 0 Å². The fourth-order valence-corrected chi connectivity index (χ4v) is 1.20. The van der Waals surface area contributed by atoms with E-state index in [0.29, 0.717) is 0 Å². The Kier molecular flexibility index (Phi) is 0.956. The molecule has 52 valence electrons. The molecule has 2 heteroatoms. The van der Waals surface area contributed by atoms with E-state index in [1.807, 2.05) is 13.8 Å². The van der Waals surface area contributed by atoms with Crippen molar-refractivity contribution >= 4 is 5.97 Å². The highest BCUT2D eigenvalue weighted by molar-refractivity contribution is 5.79. The predicted molar refractivity (Wildman–Crippen MR) is 34.1 cm³/mol. The Morgan fingerprint density at radius 2 is 1.78 bits per heavy atom. The number of hydrogen-bond acceptors (Lipinski definition) is 1. The minimum Gasteiger partial charge on any atom is -0.481 e. The van der Waals surface area contributed by atoms with Crippen molar-refractivity contribution in [3.8, 4) is 0 Å². The summed E-state index contributed by atoms with van der Waals surface area (Å²) in [5.41, 5.74) is -0.411. The molecule has 0 aliphatic heterocycles. The lowest BCUT2D eigenvalue weighted by atomic mass is 9.99. The minimum absolute atomic E-state index is 0.0266. The molecule has 0 amide bonds. The topological polar surface area (TPSA) is 37.3 Å². The molecule has 1 unspecified atom stereocenters. The van der Waals surface area contributed by atoms with Crippen molar-refractivity contribution in [1.82, 2.24) is 0 Å². The molecule has 0 bridgehead atoms. The van der Waals surface area contributed by atoms with Crippen molar-refractivity contribution in [2.24, 2.45) is 10.8 Å². The summed E-state index contributed by atoms with van der Waals surface area (Å²) in [7, 11) is 0. The molecule has 0 aromatic heterocycles. The first kappa shape index (κ1) is 6.59. The van der Waals surface area contributed by atoms with Gasteiger partial charge in [0.05, 0.1) is 5.41 Å². The Labute approximate surface area is 54.9 Å². The number of aliphatic carboxylic acids is 1. The number of rotatable bonds is 1. The maximum atomic E-state index is 10.5. The molecule has 0 spiro atoms. The summed E-state index contributed by atoms with van der Waals surface area (Å²) in [6, 6.07) is 0. The van der Waals surface area contributed by atoms with Crippen LogP contribution in [0, 0.1) is 10.8 Å². The quantitative estimate of drug-likeness (QED) is 0.581. The van der Waals surface area contributed by atoms with Crippen LogP contribution in [0.5, 0.6) is 0 Å². The molecule has 2 nitrogen and oxygen atoms in total. The van der Waals surface area contributed by atoms with Crippen LogP contribution in [0.15, 0.2) is 0 Å². The van der Waals surface area contributed by atoms with Gasteiger partial charge < -0.3 is 5.11 Å². The zero-order chi connectivity index (χ0) is 7.28. The van der Waals surface area contributed by atoms with E-state index in [4.69, 9.17) is 5.11 Å². The third-order valence-corrected chi connectivity index (χ3v) is 2.64. The lowest BCUT2D eigenvalue weighted by Gasteiger charge is -2.06. The van der Waals surface area contributed by atoms with Gasteiger partial charge in [0.1, 0.15) is 0 Å². The lowest BCUT2D eigenvalue weighted by Crippen LogP contribution is -2.16. The molecule has 0 saturated heterocycles. The molecule has 0 radical (unpaired) electrons. The average Bonchev–Trinajstić information content (AvgIpc) is 2.08. The van der Waals surface area contributed by atoms with Crippen LogP contribution in [0.1, 0.15) is 27.2 Å². The van der Waals surface area contributed by atoms with Gasteiger partial charge in [-0.05, 0) is 18.8 Å². The second kappa shape index (κ2) is 1.31. The zero-order valence-corrected chi connectivity index (χ0v) is 6.06. The van der Waals surface area contributed by atoms with E-state index in [-0.39, 0.29) is 5.41 Å². The third kappa shape index (κ3) is 0.655. The first-order chi connectivity index (χ1) is 3.90. The summed E-state index contributed by atoms with van der Waals surface area (Å²) in [5.74, 6) is -0.660. The Bertz CT molecular complexity index is 160. The Hall–Kier alpha value is -0.530. The SMILES string of the molecule is CC1(C)CC1(C)C(=O)O. The molecule has 9 heavy (non-hydrogen) atoms. The Morgan fingerprint density at radius 3 is 1.78 bits per heavy atom. The van der Waals surface area contributed by atoms with Crippen LogP contribution < -0.4 is 0 Å². The monoisotopic (exact) mass is 128 g/mol. The van der Waals surface area contributed by atoms with Gasteiger partial charge in [-0.2, -0.15) is 0 Å². The number of carboxylic acids is 1. The molecule has 0 aromatic rings. The van der Waals surface area contributed by atoms with Gasteiger partial charge in [-0.1, -0.05) is 13.8 Å². The van der Waals surface area contributed by atoms with E-state index in [0.717, 1.165) is 6.42 Å². The van der Waals surface area contributed by atoms with E-state index < -0.39 is 11.4 Å². The molecule has 1 rings (SSSR count). The first-order valence-electron chi connectivity index (χ1n) is 3.13. The van der Waals surface area contributed by atoms with Gasteiger partial charge in [-0.15, -0.1) is 0 Å². The molecule has 1 aliphatic rings. The van der Waals surface area contributed by atoms with Crippen LogP contribution in [-0.2, 0) is 4.79 Å². The fourth-order valence-electron chi connectivity index (χ4n) is 1.20. The smallest absolute Gasteiger partial charge is 0.309 e. The van der Waals surface area contributed by atoms with Crippen LogP contribution >= 0.6 is 0 Å². The molecule has 1 aliphatic carbocycles. The Morgan fingerprint density at radius 1 is 1.44 bits per heavy atom. The summed E-state index contributed by atoms with van der Waals surface area (Å²) >= 11 is 0. The highest BCUT2D eigenvalue weighted by Gasteiger charge is 2.63. The summed E-state index contributed by atoms with van der Waals surface area (Å²) in [6.07, 6.45) is 0.815. The standard InChI is InChI=1S/C7H12O2/c1-6(2)4-7(6,3)5(8)9/h4H2,1-3H3,(H,8,9). The predicted octanol–water partition coefficient (Wildman–Crippen LogP) is 1.51. The maximum absolute atomic E-state index is 10.5. The van der Waals surface area contributed by atoms with Gasteiger partial charge in [0.15, 0.2) is 0 Å². The van der Waals surface area contributed by atoms with Crippen LogP contribution in [0.25, 0.3) is 0 Å². The van der Waals surface area contributed by atoms with Gasteiger partial charge in [0.25, 0.3) is 0 Å². The van der Waals surface area contributed by atoms with E-state index >= 15 is 0 Å². The van der Waals surface area contributed by atoms with Crippen molar-refractivity contribution in [3.63, 3.8) is 0 Å². The Balaban J connectivity index is 2.74. The summed E-state index contributed by atoms with van der Waals surface area (Å²) < 4.78 is 0. The maximum Gasteiger partial charge on any atom is 0.309 e. The van der Waals surface area contributed by atoms with Crippen LogP contribution in [0.4, 0.5) is 0 Å². The van der Waals surface area contributed by atoms with E-state index in [9.17, 15) is 4.79 Å². The van der Waals surface area contributed by atoms with Crippen molar-refractivity contribution in [1.29, 1.82) is 0 Å². The summed E-state index contributed by atoms with van der Waals surface area (Å²) in [5, 5.41) is 8.65. The molecular formula is C7H12O2. The number of carboxylic acid groups (broad SMARTS) is 1. The van der Waals surface area contributed by atoms with E-state index in [1.165, 1.54) is 0 Å². The molecule has 1 atom stereocenters. The number of carbonyl (C=O) groups is 1. The first-order valence-corrected chi connectivity index (χ1v) is 3.13. The van der Waals surface area contributed by atoms with E-state index in [1.54, 1.807) is 6.92 Å². The fraction of sp³-hybridized carbons (Fsp3) is 0.857. The van der Waals surface area contributed by atoms with Crippen LogP contribution in [0.3, 0.4) is 0 Å². The zero-order valence-electron chi connectivity index (χ0n) is 6.06. The van der Waals surface area contributed by atoms with Crippen LogP contribution in [0.2, 0.25) is 0 Å². The molecule has 1 saturated carbocycles.